The van der Waals surface area contributed by atoms with Gasteiger partial charge in [0.25, 0.3) is 0 Å². The number of hydrogen-bond donors (Lipinski definition) is 1. The minimum atomic E-state index is 0.160. The maximum Gasteiger partial charge on any atom is 0.122 e. The van der Waals surface area contributed by atoms with Crippen molar-refractivity contribution in [1.29, 1.82) is 0 Å². The maximum absolute atomic E-state index is 9.45. The lowest BCUT2D eigenvalue weighted by molar-refractivity contribution is 0.268. The predicted octanol–water partition coefficient (Wildman–Crippen LogP) is 4.46. The van der Waals surface area contributed by atoms with Gasteiger partial charge < -0.3 is 9.84 Å². The largest absolute Gasteiger partial charge is 0.496 e. The van der Waals surface area contributed by atoms with Gasteiger partial charge in [-0.3, -0.25) is 0 Å². The van der Waals surface area contributed by atoms with Crippen LogP contribution < -0.4 is 4.74 Å². The Morgan fingerprint density at radius 1 is 0.909 bits per heavy atom. The Kier molecular flexibility index (Phi) is 3.60. The highest BCUT2D eigenvalue weighted by Gasteiger charge is 2.47. The summed E-state index contributed by atoms with van der Waals surface area (Å²) in [6, 6.07) is 4.71. The molecule has 0 amide bonds. The maximum atomic E-state index is 9.45. The Labute approximate surface area is 134 Å². The fourth-order valence-corrected chi connectivity index (χ4v) is 4.20. The molecule has 0 heterocycles. The van der Waals surface area contributed by atoms with Crippen molar-refractivity contribution in [2.24, 2.45) is 0 Å². The summed E-state index contributed by atoms with van der Waals surface area (Å²) >= 11 is 0. The molecule has 1 aromatic carbocycles. The van der Waals surface area contributed by atoms with E-state index in [1.54, 1.807) is 7.11 Å². The zero-order valence-electron chi connectivity index (χ0n) is 14.8. The van der Waals surface area contributed by atoms with E-state index in [4.69, 9.17) is 4.74 Å². The summed E-state index contributed by atoms with van der Waals surface area (Å²) in [4.78, 5) is 0. The molecule has 0 aliphatic heterocycles. The second-order valence-electron chi connectivity index (χ2n) is 8.62. The Morgan fingerprint density at radius 3 is 1.91 bits per heavy atom. The molecule has 0 atom stereocenters. The van der Waals surface area contributed by atoms with Crippen LogP contribution in [0, 0.1) is 0 Å². The molecule has 2 aliphatic rings. The third kappa shape index (κ3) is 2.36. The van der Waals surface area contributed by atoms with Crippen LogP contribution in [0.15, 0.2) is 12.1 Å². The summed E-state index contributed by atoms with van der Waals surface area (Å²) in [6.45, 7) is 9.68. The zero-order chi connectivity index (χ0) is 16.2. The van der Waals surface area contributed by atoms with Gasteiger partial charge in [0.2, 0.25) is 0 Å². The lowest BCUT2D eigenvalue weighted by Gasteiger charge is -2.42. The molecule has 0 aromatic heterocycles. The molecular formula is C20H30O2. The first-order chi connectivity index (χ1) is 10.3. The third-order valence-electron chi connectivity index (χ3n) is 6.19. The van der Waals surface area contributed by atoms with Crippen LogP contribution in [-0.4, -0.2) is 18.8 Å². The van der Waals surface area contributed by atoms with E-state index >= 15 is 0 Å². The molecule has 0 spiro atoms. The number of benzene rings is 1. The molecule has 1 saturated carbocycles. The molecule has 2 aliphatic carbocycles. The van der Waals surface area contributed by atoms with Crippen LogP contribution in [0.1, 0.15) is 76.5 Å². The van der Waals surface area contributed by atoms with E-state index in [1.165, 1.54) is 42.4 Å². The molecule has 1 fully saturated rings. The van der Waals surface area contributed by atoms with E-state index < -0.39 is 0 Å². The fourth-order valence-electron chi connectivity index (χ4n) is 4.20. The summed E-state index contributed by atoms with van der Waals surface area (Å²) in [5, 5.41) is 9.45. The van der Waals surface area contributed by atoms with Crippen LogP contribution in [0.2, 0.25) is 0 Å². The Bertz CT molecular complexity index is 580. The Hall–Kier alpha value is -1.02. The van der Waals surface area contributed by atoms with E-state index in [2.05, 4.69) is 39.8 Å². The topological polar surface area (TPSA) is 29.5 Å². The molecule has 0 unspecified atom stereocenters. The van der Waals surface area contributed by atoms with Crippen molar-refractivity contribution in [3.05, 3.63) is 28.8 Å². The van der Waals surface area contributed by atoms with Crippen molar-refractivity contribution in [2.45, 2.75) is 76.0 Å². The predicted molar refractivity (Wildman–Crippen MR) is 90.9 cm³/mol. The van der Waals surface area contributed by atoms with E-state index in [-0.39, 0.29) is 22.9 Å². The lowest BCUT2D eigenvalue weighted by atomic mass is 9.62. The summed E-state index contributed by atoms with van der Waals surface area (Å²) in [5.74, 6) is 1.02. The number of ether oxygens (including phenoxy) is 1. The highest BCUT2D eigenvalue weighted by atomic mass is 16.5. The van der Waals surface area contributed by atoms with E-state index in [1.807, 2.05) is 0 Å². The molecule has 0 radical (unpaired) electrons. The number of methoxy groups -OCH3 is 1. The van der Waals surface area contributed by atoms with Crippen molar-refractivity contribution >= 4 is 0 Å². The lowest BCUT2D eigenvalue weighted by Crippen LogP contribution is -2.34. The molecule has 0 saturated heterocycles. The highest BCUT2D eigenvalue weighted by Crippen LogP contribution is 2.56. The van der Waals surface area contributed by atoms with Gasteiger partial charge in [-0.2, -0.15) is 0 Å². The molecule has 1 aromatic rings. The number of aliphatic hydroxyl groups excluding tert-OH is 1. The van der Waals surface area contributed by atoms with Crippen LogP contribution in [0.25, 0.3) is 0 Å². The van der Waals surface area contributed by atoms with Gasteiger partial charge in [-0.1, -0.05) is 33.8 Å². The van der Waals surface area contributed by atoms with Crippen molar-refractivity contribution < 1.29 is 9.84 Å². The molecule has 1 N–H and O–H groups in total. The van der Waals surface area contributed by atoms with Gasteiger partial charge in [0.15, 0.2) is 0 Å². The number of hydrogen-bond acceptors (Lipinski definition) is 2. The average molecular weight is 302 g/mol. The third-order valence-corrected chi connectivity index (χ3v) is 6.19. The van der Waals surface area contributed by atoms with Gasteiger partial charge >= 0.3 is 0 Å². The van der Waals surface area contributed by atoms with Gasteiger partial charge in [-0.15, -0.1) is 0 Å². The smallest absolute Gasteiger partial charge is 0.122 e. The molecule has 0 bridgehead atoms. The van der Waals surface area contributed by atoms with Crippen molar-refractivity contribution in [3.63, 3.8) is 0 Å². The summed E-state index contributed by atoms with van der Waals surface area (Å²) in [7, 11) is 1.78. The Balaban J connectivity index is 2.18. The van der Waals surface area contributed by atoms with Crippen LogP contribution in [-0.2, 0) is 16.2 Å². The number of aliphatic hydroxyl groups is 1. The highest BCUT2D eigenvalue weighted by molar-refractivity contribution is 5.54. The minimum Gasteiger partial charge on any atom is -0.496 e. The van der Waals surface area contributed by atoms with Gasteiger partial charge in [-0.05, 0) is 60.1 Å². The van der Waals surface area contributed by atoms with E-state index in [0.717, 1.165) is 12.2 Å². The van der Waals surface area contributed by atoms with Crippen LogP contribution in [0.4, 0.5) is 0 Å². The summed E-state index contributed by atoms with van der Waals surface area (Å²) in [5.41, 5.74) is 4.86. The van der Waals surface area contributed by atoms with Gasteiger partial charge in [0, 0.05) is 17.6 Å². The quantitative estimate of drug-likeness (QED) is 0.890. The number of fused-ring (bicyclic) bond motifs is 1. The monoisotopic (exact) mass is 302 g/mol. The zero-order valence-corrected chi connectivity index (χ0v) is 14.8. The minimum absolute atomic E-state index is 0.160. The van der Waals surface area contributed by atoms with Crippen molar-refractivity contribution in [3.8, 4) is 5.75 Å². The summed E-state index contributed by atoms with van der Waals surface area (Å²) < 4.78 is 5.76. The molecule has 122 valence electrons. The Morgan fingerprint density at radius 2 is 1.45 bits per heavy atom. The van der Waals surface area contributed by atoms with Crippen LogP contribution in [0.5, 0.6) is 5.75 Å². The van der Waals surface area contributed by atoms with Gasteiger partial charge in [0.05, 0.1) is 7.11 Å². The van der Waals surface area contributed by atoms with E-state index in [0.29, 0.717) is 0 Å². The molecule has 2 nitrogen and oxygen atoms in total. The van der Waals surface area contributed by atoms with Crippen molar-refractivity contribution in [1.82, 2.24) is 0 Å². The van der Waals surface area contributed by atoms with Gasteiger partial charge in [0.1, 0.15) is 5.75 Å². The SMILES string of the molecule is COc1cc2c(cc1C1(CCO)CC1)C(C)(C)CCC2(C)C. The van der Waals surface area contributed by atoms with E-state index in [9.17, 15) is 5.11 Å². The summed E-state index contributed by atoms with van der Waals surface area (Å²) in [6.07, 6.45) is 5.65. The molecule has 3 rings (SSSR count). The second-order valence-corrected chi connectivity index (χ2v) is 8.62. The normalized spacial score (nSPS) is 23.7. The van der Waals surface area contributed by atoms with Crippen molar-refractivity contribution in [2.75, 3.05) is 13.7 Å². The van der Waals surface area contributed by atoms with Gasteiger partial charge in [-0.25, -0.2) is 0 Å². The molecule has 2 heteroatoms. The van der Waals surface area contributed by atoms with Crippen LogP contribution in [0.3, 0.4) is 0 Å². The van der Waals surface area contributed by atoms with Crippen LogP contribution >= 0.6 is 0 Å². The second kappa shape index (κ2) is 4.99. The number of rotatable bonds is 4. The first kappa shape index (κ1) is 15.9. The fraction of sp³-hybridized carbons (Fsp3) is 0.700. The first-order valence-corrected chi connectivity index (χ1v) is 8.60. The molecule has 22 heavy (non-hydrogen) atoms. The first-order valence-electron chi connectivity index (χ1n) is 8.60. The molecular weight excluding hydrogens is 272 g/mol. The average Bonchev–Trinajstić information content (AvgIpc) is 3.24. The standard InChI is InChI=1S/C20H30O2/c1-18(2)6-7-19(3,4)15-13-17(22-5)16(12-14(15)18)20(8-9-20)10-11-21/h12-13,21H,6-11H2,1-5H3.